The minimum absolute atomic E-state index is 0.0536. The van der Waals surface area contributed by atoms with Crippen molar-refractivity contribution >= 4 is 17.7 Å². The van der Waals surface area contributed by atoms with Crippen molar-refractivity contribution in [3.05, 3.63) is 41.8 Å². The van der Waals surface area contributed by atoms with Gasteiger partial charge in [0.05, 0.1) is 11.7 Å². The lowest BCUT2D eigenvalue weighted by atomic mass is 10.1. The molecule has 0 spiro atoms. The monoisotopic (exact) mass is 416 g/mol. The standard InChI is InChI=1S/C22H29FN4OS/c1-25-21(14-20(24-25)17-6-8-18(23)9-7-17)22(28)27-12-5-13-29-16-19(27)15-26-10-3-2-4-11-26/h6-9,14,19H,2-5,10-13,15-16H2,1H3. The van der Waals surface area contributed by atoms with E-state index in [2.05, 4.69) is 14.9 Å². The molecule has 5 nitrogen and oxygen atoms in total. The van der Waals surface area contributed by atoms with E-state index >= 15 is 0 Å². The van der Waals surface area contributed by atoms with Gasteiger partial charge in [-0.15, -0.1) is 0 Å². The van der Waals surface area contributed by atoms with Crippen molar-refractivity contribution in [2.75, 3.05) is 37.7 Å². The minimum Gasteiger partial charge on any atom is -0.332 e. The smallest absolute Gasteiger partial charge is 0.272 e. The highest BCUT2D eigenvalue weighted by Crippen LogP contribution is 2.24. The number of amides is 1. The van der Waals surface area contributed by atoms with E-state index in [9.17, 15) is 9.18 Å². The molecule has 3 heterocycles. The van der Waals surface area contributed by atoms with E-state index in [0.29, 0.717) is 11.4 Å². The second kappa shape index (κ2) is 9.30. The lowest BCUT2D eigenvalue weighted by Gasteiger charge is -2.35. The number of likely N-dealkylation sites (tertiary alicyclic amines) is 1. The Labute approximate surface area is 176 Å². The van der Waals surface area contributed by atoms with Gasteiger partial charge >= 0.3 is 0 Å². The number of nitrogens with zero attached hydrogens (tertiary/aromatic N) is 4. The summed E-state index contributed by atoms with van der Waals surface area (Å²) in [5.74, 6) is 1.87. The van der Waals surface area contributed by atoms with E-state index in [0.717, 1.165) is 49.7 Å². The summed E-state index contributed by atoms with van der Waals surface area (Å²) in [5.41, 5.74) is 2.12. The van der Waals surface area contributed by atoms with Gasteiger partial charge in [0.15, 0.2) is 0 Å². The number of hydrogen-bond donors (Lipinski definition) is 0. The number of thioether (sulfide) groups is 1. The van der Waals surface area contributed by atoms with Gasteiger partial charge in [0, 0.05) is 31.5 Å². The van der Waals surface area contributed by atoms with Gasteiger partial charge < -0.3 is 9.80 Å². The third-order valence-electron chi connectivity index (χ3n) is 5.86. The van der Waals surface area contributed by atoms with E-state index in [1.807, 2.05) is 24.9 Å². The fourth-order valence-corrected chi connectivity index (χ4v) is 5.32. The molecule has 0 bridgehead atoms. The molecule has 1 amide bonds. The van der Waals surface area contributed by atoms with Crippen LogP contribution < -0.4 is 0 Å². The second-order valence-corrected chi connectivity index (χ2v) is 9.14. The molecule has 7 heteroatoms. The van der Waals surface area contributed by atoms with Gasteiger partial charge in [-0.05, 0) is 68.4 Å². The third kappa shape index (κ3) is 4.83. The maximum Gasteiger partial charge on any atom is 0.272 e. The van der Waals surface area contributed by atoms with Crippen molar-refractivity contribution in [1.82, 2.24) is 19.6 Å². The summed E-state index contributed by atoms with van der Waals surface area (Å²) in [5, 5.41) is 4.52. The van der Waals surface area contributed by atoms with Gasteiger partial charge in [0.2, 0.25) is 0 Å². The summed E-state index contributed by atoms with van der Waals surface area (Å²) in [6, 6.07) is 8.32. The van der Waals surface area contributed by atoms with Crippen LogP contribution in [0.25, 0.3) is 11.3 Å². The van der Waals surface area contributed by atoms with Crippen LogP contribution in [0.4, 0.5) is 4.39 Å². The maximum absolute atomic E-state index is 13.5. The maximum atomic E-state index is 13.5. The lowest BCUT2D eigenvalue weighted by molar-refractivity contribution is 0.0634. The summed E-state index contributed by atoms with van der Waals surface area (Å²) in [4.78, 5) is 18.1. The Bertz CT molecular complexity index is 832. The summed E-state index contributed by atoms with van der Waals surface area (Å²) in [6.07, 6.45) is 4.86. The van der Waals surface area contributed by atoms with Crippen LogP contribution in [0.1, 0.15) is 36.2 Å². The van der Waals surface area contributed by atoms with Crippen molar-refractivity contribution in [2.45, 2.75) is 31.7 Å². The Kier molecular flexibility index (Phi) is 6.55. The fraction of sp³-hybridized carbons (Fsp3) is 0.545. The molecule has 1 aromatic carbocycles. The highest BCUT2D eigenvalue weighted by Gasteiger charge is 2.30. The Hall–Kier alpha value is -1.86. The molecule has 0 radical (unpaired) electrons. The summed E-state index contributed by atoms with van der Waals surface area (Å²) in [6.45, 7) is 4.04. The molecule has 0 N–H and O–H groups in total. The molecule has 2 fully saturated rings. The fourth-order valence-electron chi connectivity index (χ4n) is 4.26. The van der Waals surface area contributed by atoms with Crippen LogP contribution in [0.3, 0.4) is 0 Å². The zero-order valence-electron chi connectivity index (χ0n) is 17.0. The highest BCUT2D eigenvalue weighted by atomic mass is 32.2. The molecule has 4 rings (SSSR count). The van der Waals surface area contributed by atoms with Crippen LogP contribution in [-0.4, -0.2) is 69.2 Å². The van der Waals surface area contributed by atoms with Gasteiger partial charge in [-0.25, -0.2) is 4.39 Å². The molecule has 0 aliphatic carbocycles. The molecule has 29 heavy (non-hydrogen) atoms. The van der Waals surface area contributed by atoms with Crippen LogP contribution in [0.2, 0.25) is 0 Å². The number of piperidine rings is 1. The molecular weight excluding hydrogens is 387 g/mol. The van der Waals surface area contributed by atoms with Crippen molar-refractivity contribution in [3.63, 3.8) is 0 Å². The van der Waals surface area contributed by atoms with Crippen LogP contribution in [0.15, 0.2) is 30.3 Å². The van der Waals surface area contributed by atoms with Crippen molar-refractivity contribution < 1.29 is 9.18 Å². The zero-order chi connectivity index (χ0) is 20.2. The number of aromatic nitrogens is 2. The van der Waals surface area contributed by atoms with Crippen molar-refractivity contribution in [2.24, 2.45) is 7.05 Å². The van der Waals surface area contributed by atoms with Crippen molar-refractivity contribution in [1.29, 1.82) is 0 Å². The number of rotatable bonds is 4. The van der Waals surface area contributed by atoms with Crippen molar-refractivity contribution in [3.8, 4) is 11.3 Å². The molecule has 1 atom stereocenters. The van der Waals surface area contributed by atoms with E-state index in [4.69, 9.17) is 0 Å². The predicted molar refractivity (Wildman–Crippen MR) is 116 cm³/mol. The number of halogens is 1. The second-order valence-electron chi connectivity index (χ2n) is 7.99. The number of benzene rings is 1. The highest BCUT2D eigenvalue weighted by molar-refractivity contribution is 7.99. The molecule has 2 aromatic rings. The Morgan fingerprint density at radius 2 is 1.90 bits per heavy atom. The molecule has 1 unspecified atom stereocenters. The first kappa shape index (κ1) is 20.4. The first-order valence-corrected chi connectivity index (χ1v) is 11.7. The number of carbonyl (C=O) groups excluding carboxylic acids is 1. The number of aryl methyl sites for hydroxylation is 1. The van der Waals surface area contributed by atoms with Crippen LogP contribution in [-0.2, 0) is 7.05 Å². The number of hydrogen-bond acceptors (Lipinski definition) is 4. The van der Waals surface area contributed by atoms with E-state index in [1.54, 1.807) is 16.8 Å². The molecule has 2 saturated heterocycles. The van der Waals surface area contributed by atoms with E-state index in [-0.39, 0.29) is 17.8 Å². The predicted octanol–water partition coefficient (Wildman–Crippen LogP) is 3.66. The third-order valence-corrected chi connectivity index (χ3v) is 7.05. The van der Waals surface area contributed by atoms with E-state index < -0.39 is 0 Å². The Morgan fingerprint density at radius 1 is 1.14 bits per heavy atom. The molecule has 2 aliphatic heterocycles. The van der Waals surface area contributed by atoms with E-state index in [1.165, 1.54) is 31.4 Å². The zero-order valence-corrected chi connectivity index (χ0v) is 17.8. The lowest BCUT2D eigenvalue weighted by Crippen LogP contribution is -2.49. The molecule has 0 saturated carbocycles. The molecule has 156 valence electrons. The summed E-state index contributed by atoms with van der Waals surface area (Å²) in [7, 11) is 1.81. The topological polar surface area (TPSA) is 41.4 Å². The molecule has 1 aromatic heterocycles. The number of carbonyl (C=O) groups is 1. The average molecular weight is 417 g/mol. The van der Waals surface area contributed by atoms with Gasteiger partial charge in [-0.1, -0.05) is 6.42 Å². The van der Waals surface area contributed by atoms with Gasteiger partial charge in [-0.3, -0.25) is 9.48 Å². The van der Waals surface area contributed by atoms with Gasteiger partial charge in [0.1, 0.15) is 11.5 Å². The SMILES string of the molecule is Cn1nc(-c2ccc(F)cc2)cc1C(=O)N1CCCSCC1CN1CCCCC1. The summed E-state index contributed by atoms with van der Waals surface area (Å²) >= 11 is 1.96. The Balaban J connectivity index is 1.54. The quantitative estimate of drug-likeness (QED) is 0.763. The largest absolute Gasteiger partial charge is 0.332 e. The van der Waals surface area contributed by atoms with Gasteiger partial charge in [-0.2, -0.15) is 16.9 Å². The van der Waals surface area contributed by atoms with Crippen LogP contribution in [0, 0.1) is 5.82 Å². The molecule has 2 aliphatic rings. The van der Waals surface area contributed by atoms with Gasteiger partial charge in [0.25, 0.3) is 5.91 Å². The first-order valence-electron chi connectivity index (χ1n) is 10.5. The summed E-state index contributed by atoms with van der Waals surface area (Å²) < 4.78 is 14.9. The normalized spacial score (nSPS) is 21.2. The first-order chi connectivity index (χ1) is 14.1. The average Bonchev–Trinajstić information content (AvgIpc) is 2.97. The van der Waals surface area contributed by atoms with Crippen LogP contribution in [0.5, 0.6) is 0 Å². The minimum atomic E-state index is -0.274. The van der Waals surface area contributed by atoms with Crippen LogP contribution >= 0.6 is 11.8 Å². The Morgan fingerprint density at radius 3 is 2.66 bits per heavy atom. The molecular formula is C22H29FN4OS.